The average Bonchev–Trinajstić information content (AvgIpc) is 3.36. The van der Waals surface area contributed by atoms with E-state index < -0.39 is 10.0 Å². The van der Waals surface area contributed by atoms with Gasteiger partial charge in [0.2, 0.25) is 15.9 Å². The van der Waals surface area contributed by atoms with Gasteiger partial charge in [-0.3, -0.25) is 4.79 Å². The highest BCUT2D eigenvalue weighted by atomic mass is 32.2. The van der Waals surface area contributed by atoms with Crippen LogP contribution in [0, 0.1) is 5.92 Å². The standard InChI is InChI=1S/C18H26N2O3S/c1-2-3-11-19(12-15-7-5-4-6-8-15)18(21)16-13-20(14-16)24(22,23)17-9-10-17/h4-8,16-17H,2-3,9-14H2,1H3. The highest BCUT2D eigenvalue weighted by Crippen LogP contribution is 2.35. The minimum atomic E-state index is -3.13. The number of sulfonamides is 1. The monoisotopic (exact) mass is 350 g/mol. The normalized spacial score (nSPS) is 19.0. The number of unbranched alkanes of at least 4 members (excludes halogenated alkanes) is 1. The summed E-state index contributed by atoms with van der Waals surface area (Å²) in [5.74, 6) is -0.0892. The van der Waals surface area contributed by atoms with Crippen molar-refractivity contribution in [1.29, 1.82) is 0 Å². The van der Waals surface area contributed by atoms with Crippen LogP contribution in [0.15, 0.2) is 30.3 Å². The molecule has 1 aromatic carbocycles. The predicted octanol–water partition coefficient (Wildman–Crippen LogP) is 2.24. The van der Waals surface area contributed by atoms with Crippen LogP contribution in [-0.4, -0.2) is 48.4 Å². The van der Waals surface area contributed by atoms with E-state index in [1.807, 2.05) is 35.2 Å². The second-order valence-electron chi connectivity index (χ2n) is 6.86. The van der Waals surface area contributed by atoms with Crippen LogP contribution in [0.1, 0.15) is 38.2 Å². The molecule has 2 fully saturated rings. The summed E-state index contributed by atoms with van der Waals surface area (Å²) in [5.41, 5.74) is 1.11. The molecule has 0 N–H and O–H groups in total. The van der Waals surface area contributed by atoms with Crippen LogP contribution in [0.3, 0.4) is 0 Å². The van der Waals surface area contributed by atoms with Crippen LogP contribution in [0.5, 0.6) is 0 Å². The maximum Gasteiger partial charge on any atom is 0.228 e. The van der Waals surface area contributed by atoms with E-state index in [2.05, 4.69) is 6.92 Å². The van der Waals surface area contributed by atoms with Gasteiger partial charge < -0.3 is 4.90 Å². The largest absolute Gasteiger partial charge is 0.338 e. The Morgan fingerprint density at radius 1 is 1.21 bits per heavy atom. The summed E-state index contributed by atoms with van der Waals surface area (Å²) in [6.07, 6.45) is 3.54. The molecule has 1 aliphatic heterocycles. The van der Waals surface area contributed by atoms with Gasteiger partial charge in [0.15, 0.2) is 0 Å². The molecular weight excluding hydrogens is 324 g/mol. The average molecular weight is 350 g/mol. The van der Waals surface area contributed by atoms with Crippen LogP contribution < -0.4 is 0 Å². The quantitative estimate of drug-likeness (QED) is 0.722. The number of rotatable bonds is 8. The van der Waals surface area contributed by atoms with Gasteiger partial charge in [0, 0.05) is 26.2 Å². The van der Waals surface area contributed by atoms with E-state index in [4.69, 9.17) is 0 Å². The summed E-state index contributed by atoms with van der Waals surface area (Å²) in [5, 5.41) is -0.186. The van der Waals surface area contributed by atoms with Gasteiger partial charge in [-0.05, 0) is 24.8 Å². The lowest BCUT2D eigenvalue weighted by Crippen LogP contribution is -2.57. The number of benzene rings is 1. The molecule has 0 bridgehead atoms. The van der Waals surface area contributed by atoms with Crippen molar-refractivity contribution in [2.75, 3.05) is 19.6 Å². The predicted molar refractivity (Wildman–Crippen MR) is 93.8 cm³/mol. The Labute approximate surface area is 144 Å². The Morgan fingerprint density at radius 2 is 1.88 bits per heavy atom. The summed E-state index contributed by atoms with van der Waals surface area (Å²) in [4.78, 5) is 14.7. The van der Waals surface area contributed by atoms with E-state index in [1.54, 1.807) is 0 Å². The molecule has 0 aromatic heterocycles. The van der Waals surface area contributed by atoms with Gasteiger partial charge in [0.1, 0.15) is 0 Å². The molecule has 0 radical (unpaired) electrons. The molecule has 1 aromatic rings. The van der Waals surface area contributed by atoms with Crippen molar-refractivity contribution in [3.8, 4) is 0 Å². The third-order valence-corrected chi connectivity index (χ3v) is 7.14. The van der Waals surface area contributed by atoms with Crippen LogP contribution in [0.25, 0.3) is 0 Å². The molecule has 5 nitrogen and oxygen atoms in total. The van der Waals surface area contributed by atoms with Gasteiger partial charge in [-0.15, -0.1) is 0 Å². The van der Waals surface area contributed by atoms with Crippen LogP contribution in [0.2, 0.25) is 0 Å². The molecular formula is C18H26N2O3S. The molecule has 2 aliphatic rings. The van der Waals surface area contributed by atoms with Crippen LogP contribution in [0.4, 0.5) is 0 Å². The first-order chi connectivity index (χ1) is 11.5. The summed E-state index contributed by atoms with van der Waals surface area (Å²) in [6.45, 7) is 4.16. The Bertz CT molecular complexity index is 665. The van der Waals surface area contributed by atoms with Crippen molar-refractivity contribution in [3.63, 3.8) is 0 Å². The molecule has 1 amide bonds. The van der Waals surface area contributed by atoms with Gasteiger partial charge in [-0.2, -0.15) is 4.31 Å². The number of nitrogens with zero attached hydrogens (tertiary/aromatic N) is 2. The summed E-state index contributed by atoms with van der Waals surface area (Å²) in [6, 6.07) is 9.97. The first-order valence-corrected chi connectivity index (χ1v) is 10.3. The van der Waals surface area contributed by atoms with E-state index in [1.165, 1.54) is 4.31 Å². The molecule has 132 valence electrons. The van der Waals surface area contributed by atoms with Crippen molar-refractivity contribution < 1.29 is 13.2 Å². The minimum absolute atomic E-state index is 0.0922. The fourth-order valence-electron chi connectivity index (χ4n) is 3.06. The fourth-order valence-corrected chi connectivity index (χ4v) is 4.99. The number of carbonyl (C=O) groups excluding carboxylic acids is 1. The smallest absolute Gasteiger partial charge is 0.228 e. The fraction of sp³-hybridized carbons (Fsp3) is 0.611. The third-order valence-electron chi connectivity index (χ3n) is 4.81. The van der Waals surface area contributed by atoms with E-state index in [9.17, 15) is 13.2 Å². The summed E-state index contributed by atoms with van der Waals surface area (Å²) < 4.78 is 25.8. The van der Waals surface area contributed by atoms with E-state index >= 15 is 0 Å². The van der Waals surface area contributed by atoms with Crippen molar-refractivity contribution in [2.45, 2.75) is 44.4 Å². The van der Waals surface area contributed by atoms with Crippen LogP contribution >= 0.6 is 0 Å². The summed E-state index contributed by atoms with van der Waals surface area (Å²) >= 11 is 0. The number of carbonyl (C=O) groups is 1. The molecule has 0 unspecified atom stereocenters. The second kappa shape index (κ2) is 7.23. The van der Waals surface area contributed by atoms with E-state index in [-0.39, 0.29) is 17.1 Å². The summed E-state index contributed by atoms with van der Waals surface area (Å²) in [7, 11) is -3.13. The first-order valence-electron chi connectivity index (χ1n) is 8.84. The lowest BCUT2D eigenvalue weighted by molar-refractivity contribution is -0.139. The van der Waals surface area contributed by atoms with Crippen molar-refractivity contribution in [2.24, 2.45) is 5.92 Å². The maximum absolute atomic E-state index is 12.8. The zero-order valence-electron chi connectivity index (χ0n) is 14.2. The highest BCUT2D eigenvalue weighted by molar-refractivity contribution is 7.90. The Hall–Kier alpha value is -1.40. The zero-order chi connectivity index (χ0) is 17.2. The van der Waals surface area contributed by atoms with E-state index in [0.29, 0.717) is 19.6 Å². The molecule has 3 rings (SSSR count). The number of hydrogen-bond acceptors (Lipinski definition) is 3. The molecule has 24 heavy (non-hydrogen) atoms. The van der Waals surface area contributed by atoms with Crippen molar-refractivity contribution in [1.82, 2.24) is 9.21 Å². The molecule has 1 heterocycles. The van der Waals surface area contributed by atoms with E-state index in [0.717, 1.165) is 37.8 Å². The Kier molecular flexibility index (Phi) is 5.25. The zero-order valence-corrected chi connectivity index (χ0v) is 15.0. The number of hydrogen-bond donors (Lipinski definition) is 0. The lowest BCUT2D eigenvalue weighted by Gasteiger charge is -2.39. The van der Waals surface area contributed by atoms with Crippen LogP contribution in [-0.2, 0) is 21.4 Å². The van der Waals surface area contributed by atoms with Gasteiger partial charge in [-0.1, -0.05) is 43.7 Å². The molecule has 1 saturated carbocycles. The van der Waals surface area contributed by atoms with Gasteiger partial charge in [-0.25, -0.2) is 8.42 Å². The third kappa shape index (κ3) is 3.81. The highest BCUT2D eigenvalue weighted by Gasteiger charge is 2.47. The molecule has 0 spiro atoms. The second-order valence-corrected chi connectivity index (χ2v) is 9.07. The molecule has 0 atom stereocenters. The van der Waals surface area contributed by atoms with Gasteiger partial charge >= 0.3 is 0 Å². The minimum Gasteiger partial charge on any atom is -0.338 e. The Balaban J connectivity index is 1.60. The van der Waals surface area contributed by atoms with Crippen molar-refractivity contribution in [3.05, 3.63) is 35.9 Å². The molecule has 6 heteroatoms. The molecule has 1 saturated heterocycles. The van der Waals surface area contributed by atoms with Gasteiger partial charge in [0.05, 0.1) is 11.2 Å². The first kappa shape index (κ1) is 17.4. The lowest BCUT2D eigenvalue weighted by atomic mass is 10.0. The van der Waals surface area contributed by atoms with Crippen molar-refractivity contribution >= 4 is 15.9 Å². The maximum atomic E-state index is 12.8. The Morgan fingerprint density at radius 3 is 2.46 bits per heavy atom. The topological polar surface area (TPSA) is 57.7 Å². The van der Waals surface area contributed by atoms with Gasteiger partial charge in [0.25, 0.3) is 0 Å². The molecule has 1 aliphatic carbocycles. The number of amides is 1. The SMILES string of the molecule is CCCCN(Cc1ccccc1)C(=O)C1CN(S(=O)(=O)C2CC2)C1.